The van der Waals surface area contributed by atoms with Crippen LogP contribution < -0.4 is 10.9 Å². The lowest BCUT2D eigenvalue weighted by molar-refractivity contribution is -0.127. The third kappa shape index (κ3) is 4.15. The number of imide groups is 1. The molecule has 0 atom stereocenters. The van der Waals surface area contributed by atoms with E-state index in [1.54, 1.807) is 24.3 Å². The van der Waals surface area contributed by atoms with Crippen LogP contribution >= 0.6 is 11.8 Å². The van der Waals surface area contributed by atoms with Gasteiger partial charge in [-0.1, -0.05) is 12.1 Å². The lowest BCUT2D eigenvalue weighted by Gasteiger charge is -2.12. The molecule has 2 heterocycles. The van der Waals surface area contributed by atoms with Crippen LogP contribution in [0.4, 0.5) is 14.9 Å². The fourth-order valence-corrected chi connectivity index (χ4v) is 3.72. The van der Waals surface area contributed by atoms with Gasteiger partial charge in [0.25, 0.3) is 11.1 Å². The number of fused-ring (bicyclic) bond motifs is 1. The van der Waals surface area contributed by atoms with Gasteiger partial charge in [-0.3, -0.25) is 19.3 Å². The topological polar surface area (TPSA) is 96.7 Å². The van der Waals surface area contributed by atoms with Crippen molar-refractivity contribution in [1.82, 2.24) is 4.90 Å². The molecule has 3 amide bonds. The van der Waals surface area contributed by atoms with Gasteiger partial charge in [0.2, 0.25) is 5.91 Å². The number of thioether (sulfide) groups is 1. The van der Waals surface area contributed by atoms with Crippen LogP contribution in [0.15, 0.2) is 68.7 Å². The summed E-state index contributed by atoms with van der Waals surface area (Å²) in [5, 5.41) is 2.63. The van der Waals surface area contributed by atoms with E-state index in [1.165, 1.54) is 36.4 Å². The number of benzene rings is 2. The van der Waals surface area contributed by atoms with Gasteiger partial charge in [0.05, 0.1) is 4.91 Å². The van der Waals surface area contributed by atoms with Crippen molar-refractivity contribution in [3.05, 3.63) is 81.3 Å². The number of hydrogen-bond donors (Lipinski definition) is 1. The van der Waals surface area contributed by atoms with Crippen LogP contribution in [0, 0.1) is 5.82 Å². The van der Waals surface area contributed by atoms with Crippen LogP contribution in [0.25, 0.3) is 17.0 Å². The van der Waals surface area contributed by atoms with Crippen LogP contribution in [0.5, 0.6) is 0 Å². The van der Waals surface area contributed by atoms with Crippen molar-refractivity contribution in [3.8, 4) is 0 Å². The highest BCUT2D eigenvalue weighted by molar-refractivity contribution is 8.18. The summed E-state index contributed by atoms with van der Waals surface area (Å²) < 4.78 is 18.3. The van der Waals surface area contributed by atoms with Gasteiger partial charge < -0.3 is 9.73 Å². The molecule has 1 N–H and O–H groups in total. The van der Waals surface area contributed by atoms with Gasteiger partial charge >= 0.3 is 5.63 Å². The number of carbonyl (C=O) groups excluding carboxylic acids is 3. The Kier molecular flexibility index (Phi) is 5.20. The molecule has 0 aliphatic carbocycles. The minimum atomic E-state index is -0.621. The van der Waals surface area contributed by atoms with Crippen molar-refractivity contribution >= 4 is 51.5 Å². The van der Waals surface area contributed by atoms with E-state index in [0.717, 1.165) is 4.90 Å². The van der Waals surface area contributed by atoms with Gasteiger partial charge in [-0.15, -0.1) is 0 Å². The maximum absolute atomic E-state index is 13.3. The first kappa shape index (κ1) is 19.6. The quantitative estimate of drug-likeness (QED) is 0.508. The third-order valence-corrected chi connectivity index (χ3v) is 5.13. The monoisotopic (exact) mass is 424 g/mol. The molecule has 0 unspecified atom stereocenters. The molecule has 0 bridgehead atoms. The van der Waals surface area contributed by atoms with Crippen molar-refractivity contribution in [1.29, 1.82) is 0 Å². The number of nitrogens with zero attached hydrogens (tertiary/aromatic N) is 1. The van der Waals surface area contributed by atoms with E-state index in [4.69, 9.17) is 4.42 Å². The van der Waals surface area contributed by atoms with Crippen molar-refractivity contribution in [3.63, 3.8) is 0 Å². The van der Waals surface area contributed by atoms with Gasteiger partial charge in [0.15, 0.2) is 0 Å². The molecule has 1 aliphatic rings. The fourth-order valence-electron chi connectivity index (χ4n) is 2.88. The van der Waals surface area contributed by atoms with Gasteiger partial charge in [0.1, 0.15) is 17.9 Å². The Morgan fingerprint density at radius 1 is 1.10 bits per heavy atom. The standard InChI is InChI=1S/C21H13FN2O5S/c22-14-3-1-2-12(8-14)9-17-20(27)24(21(28)30-17)11-18(25)23-15-5-6-16-13(10-15)4-7-19(26)29-16/h1-10H,11H2,(H,23,25). The number of amides is 3. The average molecular weight is 424 g/mol. The summed E-state index contributed by atoms with van der Waals surface area (Å²) in [4.78, 5) is 49.2. The van der Waals surface area contributed by atoms with E-state index in [-0.39, 0.29) is 4.91 Å². The minimum absolute atomic E-state index is 0.110. The number of halogens is 1. The molecule has 9 heteroatoms. The molecule has 1 saturated heterocycles. The second-order valence-corrected chi connectivity index (χ2v) is 7.37. The molecule has 3 aromatic rings. The Labute approximate surface area is 173 Å². The van der Waals surface area contributed by atoms with Crippen LogP contribution in [0.2, 0.25) is 0 Å². The molecule has 0 spiro atoms. The van der Waals surface area contributed by atoms with E-state index in [2.05, 4.69) is 5.32 Å². The number of rotatable bonds is 4. The first-order chi connectivity index (χ1) is 14.4. The van der Waals surface area contributed by atoms with Crippen molar-refractivity contribution < 1.29 is 23.2 Å². The molecular weight excluding hydrogens is 411 g/mol. The molecule has 2 aromatic carbocycles. The highest BCUT2D eigenvalue weighted by atomic mass is 32.2. The summed E-state index contributed by atoms with van der Waals surface area (Å²) in [6.07, 6.45) is 1.41. The van der Waals surface area contributed by atoms with E-state index < -0.39 is 35.0 Å². The predicted molar refractivity (Wildman–Crippen MR) is 110 cm³/mol. The normalized spacial score (nSPS) is 15.2. The number of hydrogen-bond acceptors (Lipinski definition) is 6. The smallest absolute Gasteiger partial charge is 0.336 e. The Morgan fingerprint density at radius 3 is 2.73 bits per heavy atom. The molecule has 7 nitrogen and oxygen atoms in total. The summed E-state index contributed by atoms with van der Waals surface area (Å²) in [5.41, 5.74) is 0.746. The van der Waals surface area contributed by atoms with Gasteiger partial charge in [-0.05, 0) is 59.8 Å². The minimum Gasteiger partial charge on any atom is -0.423 e. The molecule has 0 saturated carbocycles. The van der Waals surface area contributed by atoms with Crippen LogP contribution in [-0.2, 0) is 9.59 Å². The van der Waals surface area contributed by atoms with E-state index in [9.17, 15) is 23.6 Å². The molecule has 4 rings (SSSR count). The average Bonchev–Trinajstić information content (AvgIpc) is 2.95. The van der Waals surface area contributed by atoms with Gasteiger partial charge in [-0.2, -0.15) is 0 Å². The van der Waals surface area contributed by atoms with E-state index in [1.807, 2.05) is 0 Å². The first-order valence-electron chi connectivity index (χ1n) is 8.74. The van der Waals surface area contributed by atoms with Crippen LogP contribution in [0.3, 0.4) is 0 Å². The summed E-state index contributed by atoms with van der Waals surface area (Å²) in [7, 11) is 0. The molecule has 1 aliphatic heterocycles. The first-order valence-corrected chi connectivity index (χ1v) is 9.55. The highest BCUT2D eigenvalue weighted by Gasteiger charge is 2.36. The lowest BCUT2D eigenvalue weighted by atomic mass is 10.2. The maximum atomic E-state index is 13.3. The van der Waals surface area contributed by atoms with Crippen molar-refractivity contribution in [2.45, 2.75) is 0 Å². The molecule has 30 heavy (non-hydrogen) atoms. The third-order valence-electron chi connectivity index (χ3n) is 4.22. The second kappa shape index (κ2) is 7.96. The summed E-state index contributed by atoms with van der Waals surface area (Å²) in [6.45, 7) is -0.465. The van der Waals surface area contributed by atoms with Crippen molar-refractivity contribution in [2.75, 3.05) is 11.9 Å². The number of nitrogens with one attached hydrogen (secondary N) is 1. The van der Waals surface area contributed by atoms with E-state index >= 15 is 0 Å². The second-order valence-electron chi connectivity index (χ2n) is 6.38. The maximum Gasteiger partial charge on any atom is 0.336 e. The highest BCUT2D eigenvalue weighted by Crippen LogP contribution is 2.32. The molecule has 0 radical (unpaired) electrons. The molecular formula is C21H13FN2O5S. The Bertz CT molecular complexity index is 1280. The predicted octanol–water partition coefficient (Wildman–Crippen LogP) is 3.61. The SMILES string of the molecule is O=C(CN1C(=O)SC(=Cc2cccc(F)c2)C1=O)Nc1ccc2oc(=O)ccc2c1. The largest absolute Gasteiger partial charge is 0.423 e. The zero-order valence-corrected chi connectivity index (χ0v) is 16.1. The zero-order valence-electron chi connectivity index (χ0n) is 15.3. The van der Waals surface area contributed by atoms with Gasteiger partial charge in [-0.25, -0.2) is 9.18 Å². The van der Waals surface area contributed by atoms with E-state index in [0.29, 0.717) is 34.0 Å². The Hall–Kier alpha value is -3.72. The molecule has 150 valence electrons. The van der Waals surface area contributed by atoms with Gasteiger partial charge in [0, 0.05) is 17.1 Å². The molecule has 1 fully saturated rings. The number of anilines is 1. The zero-order chi connectivity index (χ0) is 21.3. The van der Waals surface area contributed by atoms with Crippen LogP contribution in [-0.4, -0.2) is 28.5 Å². The summed E-state index contributed by atoms with van der Waals surface area (Å²) in [5.74, 6) is -1.65. The summed E-state index contributed by atoms with van der Waals surface area (Å²) >= 11 is 0.688. The Morgan fingerprint density at radius 2 is 1.93 bits per heavy atom. The lowest BCUT2D eigenvalue weighted by Crippen LogP contribution is -2.36. The Balaban J connectivity index is 1.46. The fraction of sp³-hybridized carbons (Fsp3) is 0.0476. The van der Waals surface area contributed by atoms with Crippen molar-refractivity contribution in [2.24, 2.45) is 0 Å². The number of carbonyl (C=O) groups is 3. The molecule has 1 aromatic heterocycles. The van der Waals surface area contributed by atoms with Crippen LogP contribution in [0.1, 0.15) is 5.56 Å². The summed E-state index contributed by atoms with van der Waals surface area (Å²) in [6, 6.07) is 13.1.